The van der Waals surface area contributed by atoms with E-state index < -0.39 is 0 Å². The first-order chi connectivity index (χ1) is 9.34. The highest BCUT2D eigenvalue weighted by Gasteiger charge is 2.18. The van der Waals surface area contributed by atoms with Crippen molar-refractivity contribution in [1.82, 2.24) is 4.90 Å². The van der Waals surface area contributed by atoms with Gasteiger partial charge in [0.05, 0.1) is 0 Å². The van der Waals surface area contributed by atoms with Crippen molar-refractivity contribution in [3.63, 3.8) is 0 Å². The number of rotatable bonds is 5. The predicted molar refractivity (Wildman–Crippen MR) is 84.3 cm³/mol. The van der Waals surface area contributed by atoms with E-state index in [1.165, 1.54) is 70.9 Å². The Morgan fingerprint density at radius 1 is 0.950 bits per heavy atom. The topological polar surface area (TPSA) is 29.5 Å². The first-order valence-corrected chi connectivity index (χ1v) is 8.22. The molecule has 0 bridgehead atoms. The fourth-order valence-corrected chi connectivity index (χ4v) is 3.33. The van der Waals surface area contributed by atoms with Crippen LogP contribution in [0.3, 0.4) is 0 Å². The molecular weight excluding hydrogens is 274 g/mol. The van der Waals surface area contributed by atoms with Gasteiger partial charge >= 0.3 is 5.97 Å². The van der Waals surface area contributed by atoms with Crippen molar-refractivity contribution in [3.05, 3.63) is 0 Å². The maximum absolute atomic E-state index is 11.8. The Bertz CT molecular complexity index is 259. The van der Waals surface area contributed by atoms with E-state index in [4.69, 9.17) is 4.74 Å². The number of carbonyl (C=O) groups is 1. The monoisotopic (exact) mass is 303 g/mol. The lowest BCUT2D eigenvalue weighted by atomic mass is 9.87. The van der Waals surface area contributed by atoms with E-state index in [-0.39, 0.29) is 18.4 Å². The van der Waals surface area contributed by atoms with Crippen LogP contribution >= 0.6 is 12.4 Å². The third-order valence-corrected chi connectivity index (χ3v) is 4.55. The molecule has 2 fully saturated rings. The lowest BCUT2D eigenvalue weighted by molar-refractivity contribution is -0.145. The van der Waals surface area contributed by atoms with Gasteiger partial charge in [0.1, 0.15) is 6.61 Å². The minimum atomic E-state index is 0. The Balaban J connectivity index is 0.00000200. The largest absolute Gasteiger partial charge is 0.464 e. The molecule has 3 nitrogen and oxygen atoms in total. The summed E-state index contributed by atoms with van der Waals surface area (Å²) in [6, 6.07) is 0. The Labute approximate surface area is 129 Å². The Kier molecular flexibility index (Phi) is 9.28. The fourth-order valence-electron chi connectivity index (χ4n) is 3.33. The molecule has 1 heterocycles. The van der Waals surface area contributed by atoms with E-state index in [0.717, 1.165) is 6.54 Å². The molecule has 0 aromatic carbocycles. The maximum atomic E-state index is 11.8. The van der Waals surface area contributed by atoms with E-state index in [1.54, 1.807) is 0 Å². The molecule has 1 saturated heterocycles. The summed E-state index contributed by atoms with van der Waals surface area (Å²) in [5, 5.41) is 0. The summed E-state index contributed by atoms with van der Waals surface area (Å²) in [6.45, 7) is 3.88. The molecular formula is C16H30ClNO2. The van der Waals surface area contributed by atoms with Gasteiger partial charge in [0.25, 0.3) is 0 Å². The number of nitrogens with zero attached hydrogens (tertiary/aromatic N) is 1. The highest BCUT2D eigenvalue weighted by Crippen LogP contribution is 2.26. The van der Waals surface area contributed by atoms with Crippen molar-refractivity contribution in [1.29, 1.82) is 0 Å². The summed E-state index contributed by atoms with van der Waals surface area (Å²) in [4.78, 5) is 14.2. The number of hydrogen-bond acceptors (Lipinski definition) is 3. The first-order valence-electron chi connectivity index (χ1n) is 8.22. The molecule has 0 radical (unpaired) electrons. The van der Waals surface area contributed by atoms with Crippen LogP contribution in [0, 0.1) is 5.92 Å². The Hall–Kier alpha value is -0.280. The van der Waals surface area contributed by atoms with Crippen LogP contribution in [0.4, 0.5) is 0 Å². The van der Waals surface area contributed by atoms with Crippen LogP contribution in [-0.2, 0) is 9.53 Å². The summed E-state index contributed by atoms with van der Waals surface area (Å²) >= 11 is 0. The molecule has 0 unspecified atom stereocenters. The zero-order valence-corrected chi connectivity index (χ0v) is 13.5. The van der Waals surface area contributed by atoms with Crippen molar-refractivity contribution in [2.75, 3.05) is 26.2 Å². The number of esters is 1. The van der Waals surface area contributed by atoms with Crippen LogP contribution in [0.15, 0.2) is 0 Å². The summed E-state index contributed by atoms with van der Waals surface area (Å²) in [5.74, 6) is 0.626. The molecule has 0 N–H and O–H groups in total. The number of likely N-dealkylation sites (tertiary alicyclic amines) is 1. The molecule has 1 aliphatic carbocycles. The van der Waals surface area contributed by atoms with Crippen molar-refractivity contribution in [2.24, 2.45) is 5.92 Å². The fraction of sp³-hybridized carbons (Fsp3) is 0.938. The zero-order valence-electron chi connectivity index (χ0n) is 12.6. The van der Waals surface area contributed by atoms with Crippen molar-refractivity contribution in [3.8, 4) is 0 Å². The quantitative estimate of drug-likeness (QED) is 0.724. The lowest BCUT2D eigenvalue weighted by Gasteiger charge is -2.22. The molecule has 118 valence electrons. The summed E-state index contributed by atoms with van der Waals surface area (Å²) in [6.07, 6.45) is 12.4. The minimum Gasteiger partial charge on any atom is -0.464 e. The van der Waals surface area contributed by atoms with Crippen molar-refractivity contribution in [2.45, 2.75) is 64.2 Å². The second kappa shape index (κ2) is 10.4. The van der Waals surface area contributed by atoms with Gasteiger partial charge < -0.3 is 4.74 Å². The number of carbonyl (C=O) groups excluding carboxylic acids is 1. The number of hydrogen-bond donors (Lipinski definition) is 0. The SMILES string of the molecule is Cl.O=C(CC1CCCCC1)OCCN1CCCCCC1. The predicted octanol–water partition coefficient (Wildman–Crippen LogP) is 3.80. The molecule has 0 atom stereocenters. The first kappa shape index (κ1) is 17.8. The number of halogens is 1. The van der Waals surface area contributed by atoms with Crippen molar-refractivity contribution >= 4 is 18.4 Å². The molecule has 0 aromatic heterocycles. The highest BCUT2D eigenvalue weighted by molar-refractivity contribution is 5.85. The molecule has 2 rings (SSSR count). The van der Waals surface area contributed by atoms with Crippen LogP contribution in [0.2, 0.25) is 0 Å². The average molecular weight is 304 g/mol. The van der Waals surface area contributed by atoms with Crippen LogP contribution < -0.4 is 0 Å². The Morgan fingerprint density at radius 2 is 1.55 bits per heavy atom. The average Bonchev–Trinajstić information content (AvgIpc) is 2.68. The van der Waals surface area contributed by atoms with Gasteiger partial charge in [-0.15, -0.1) is 12.4 Å². The zero-order chi connectivity index (χ0) is 13.3. The molecule has 0 aromatic rings. The van der Waals surface area contributed by atoms with E-state index in [1.807, 2.05) is 0 Å². The maximum Gasteiger partial charge on any atom is 0.306 e. The third-order valence-electron chi connectivity index (χ3n) is 4.55. The Morgan fingerprint density at radius 3 is 2.20 bits per heavy atom. The molecule has 0 spiro atoms. The van der Waals surface area contributed by atoms with Gasteiger partial charge in [-0.1, -0.05) is 32.1 Å². The second-order valence-corrected chi connectivity index (χ2v) is 6.18. The smallest absolute Gasteiger partial charge is 0.306 e. The minimum absolute atomic E-state index is 0. The van der Waals surface area contributed by atoms with Gasteiger partial charge in [-0.2, -0.15) is 0 Å². The normalized spacial score (nSPS) is 21.8. The van der Waals surface area contributed by atoms with Crippen molar-refractivity contribution < 1.29 is 9.53 Å². The van der Waals surface area contributed by atoms with Gasteiger partial charge in [0.2, 0.25) is 0 Å². The highest BCUT2D eigenvalue weighted by atomic mass is 35.5. The van der Waals surface area contributed by atoms with Gasteiger partial charge in [0, 0.05) is 13.0 Å². The summed E-state index contributed by atoms with van der Waals surface area (Å²) in [7, 11) is 0. The van der Waals surface area contributed by atoms with Gasteiger partial charge in [-0.25, -0.2) is 0 Å². The van der Waals surface area contributed by atoms with E-state index in [2.05, 4.69) is 4.90 Å². The number of ether oxygens (including phenoxy) is 1. The van der Waals surface area contributed by atoms with E-state index in [9.17, 15) is 4.79 Å². The van der Waals surface area contributed by atoms with Crippen LogP contribution in [0.5, 0.6) is 0 Å². The third kappa shape index (κ3) is 6.94. The standard InChI is InChI=1S/C16H29NO2.ClH/c18-16(14-15-8-4-3-5-9-15)19-13-12-17-10-6-1-2-7-11-17;/h15H,1-14H2;1H. The van der Waals surface area contributed by atoms with Gasteiger partial charge in [-0.3, -0.25) is 9.69 Å². The molecule has 0 amide bonds. The van der Waals surface area contributed by atoms with Crippen LogP contribution in [0.25, 0.3) is 0 Å². The van der Waals surface area contributed by atoms with Crippen LogP contribution in [0.1, 0.15) is 64.2 Å². The summed E-state index contributed by atoms with van der Waals surface area (Å²) < 4.78 is 5.41. The summed E-state index contributed by atoms with van der Waals surface area (Å²) in [5.41, 5.74) is 0. The second-order valence-electron chi connectivity index (χ2n) is 6.18. The lowest BCUT2D eigenvalue weighted by Crippen LogP contribution is -2.29. The van der Waals surface area contributed by atoms with Gasteiger partial charge in [-0.05, 0) is 44.7 Å². The molecule has 4 heteroatoms. The molecule has 2 aliphatic rings. The van der Waals surface area contributed by atoms with Gasteiger partial charge in [0.15, 0.2) is 0 Å². The van der Waals surface area contributed by atoms with Crippen LogP contribution in [-0.4, -0.2) is 37.1 Å². The van der Waals surface area contributed by atoms with E-state index >= 15 is 0 Å². The molecule has 20 heavy (non-hydrogen) atoms. The molecule has 1 aliphatic heterocycles. The van der Waals surface area contributed by atoms with E-state index in [0.29, 0.717) is 18.9 Å². The molecule has 1 saturated carbocycles.